The highest BCUT2D eigenvalue weighted by molar-refractivity contribution is 5.75. The summed E-state index contributed by atoms with van der Waals surface area (Å²) < 4.78 is 0. The van der Waals surface area contributed by atoms with Crippen LogP contribution in [0.2, 0.25) is 0 Å². The number of rotatable bonds is 5. The molecule has 1 aliphatic rings. The van der Waals surface area contributed by atoms with Gasteiger partial charge in [-0.2, -0.15) is 0 Å². The van der Waals surface area contributed by atoms with Crippen molar-refractivity contribution in [2.45, 2.75) is 57.4 Å². The van der Waals surface area contributed by atoms with Gasteiger partial charge in [0.25, 0.3) is 0 Å². The molecule has 0 unspecified atom stereocenters. The fourth-order valence-corrected chi connectivity index (χ4v) is 2.78. The summed E-state index contributed by atoms with van der Waals surface area (Å²) in [5.74, 6) is 0.683. The second kappa shape index (κ2) is 5.50. The van der Waals surface area contributed by atoms with Crippen molar-refractivity contribution in [1.29, 1.82) is 0 Å². The molecule has 0 aliphatic heterocycles. The maximum Gasteiger partial charge on any atom is 0.219 e. The lowest BCUT2D eigenvalue weighted by molar-refractivity contribution is -0.119. The van der Waals surface area contributed by atoms with Crippen LogP contribution in [0.4, 0.5) is 0 Å². The smallest absolute Gasteiger partial charge is 0.219 e. The van der Waals surface area contributed by atoms with Gasteiger partial charge in [-0.1, -0.05) is 19.8 Å². The number of carbonyl (C=O) groups excluding carboxylic acids is 1. The van der Waals surface area contributed by atoms with Gasteiger partial charge in [0.05, 0.1) is 0 Å². The summed E-state index contributed by atoms with van der Waals surface area (Å²) >= 11 is 0. The van der Waals surface area contributed by atoms with Crippen molar-refractivity contribution in [2.75, 3.05) is 7.05 Å². The Hall–Kier alpha value is -0.570. The second-order valence-corrected chi connectivity index (χ2v) is 4.91. The van der Waals surface area contributed by atoms with E-state index in [4.69, 9.17) is 5.73 Å². The van der Waals surface area contributed by atoms with Crippen molar-refractivity contribution in [3.63, 3.8) is 0 Å². The maximum absolute atomic E-state index is 11.0. The first kappa shape index (κ1) is 12.5. The number of primary amides is 1. The van der Waals surface area contributed by atoms with Gasteiger partial charge < -0.3 is 11.1 Å². The standard InChI is InChI=1S/C12H24N2O/c1-3-4-10-5-7-12(14-2,8-6-10)9-11(13)15/h10,14H,3-9H2,1-2H3,(H2,13,15). The highest BCUT2D eigenvalue weighted by Gasteiger charge is 2.34. The minimum Gasteiger partial charge on any atom is -0.370 e. The second-order valence-electron chi connectivity index (χ2n) is 4.91. The van der Waals surface area contributed by atoms with Gasteiger partial charge in [-0.25, -0.2) is 0 Å². The molecule has 0 bridgehead atoms. The first-order valence-corrected chi connectivity index (χ1v) is 6.09. The van der Waals surface area contributed by atoms with Crippen LogP contribution in [0.25, 0.3) is 0 Å². The summed E-state index contributed by atoms with van der Waals surface area (Å²) in [6.45, 7) is 2.24. The Kier molecular flexibility index (Phi) is 4.58. The minimum atomic E-state index is -0.182. The van der Waals surface area contributed by atoms with Gasteiger partial charge in [0.2, 0.25) is 5.91 Å². The molecule has 0 spiro atoms. The molecule has 88 valence electrons. The van der Waals surface area contributed by atoms with Gasteiger partial charge in [0, 0.05) is 12.0 Å². The Morgan fingerprint density at radius 1 is 1.47 bits per heavy atom. The highest BCUT2D eigenvalue weighted by atomic mass is 16.1. The van der Waals surface area contributed by atoms with Crippen molar-refractivity contribution in [1.82, 2.24) is 5.32 Å². The van der Waals surface area contributed by atoms with Gasteiger partial charge in [-0.15, -0.1) is 0 Å². The monoisotopic (exact) mass is 212 g/mol. The molecule has 3 heteroatoms. The molecule has 0 radical (unpaired) electrons. The van der Waals surface area contributed by atoms with E-state index in [9.17, 15) is 4.79 Å². The molecule has 1 aliphatic carbocycles. The molecule has 1 rings (SSSR count). The largest absolute Gasteiger partial charge is 0.370 e. The Morgan fingerprint density at radius 3 is 2.47 bits per heavy atom. The number of carbonyl (C=O) groups is 1. The number of nitrogens with two attached hydrogens (primary N) is 1. The third-order valence-electron chi connectivity index (χ3n) is 3.80. The van der Waals surface area contributed by atoms with Crippen LogP contribution in [0.5, 0.6) is 0 Å². The first-order chi connectivity index (χ1) is 7.12. The molecule has 1 amide bonds. The fraction of sp³-hybridized carbons (Fsp3) is 0.917. The average molecular weight is 212 g/mol. The van der Waals surface area contributed by atoms with Gasteiger partial charge in [0.15, 0.2) is 0 Å². The van der Waals surface area contributed by atoms with Crippen LogP contribution in [0.15, 0.2) is 0 Å². The Balaban J connectivity index is 2.47. The lowest BCUT2D eigenvalue weighted by atomic mass is 9.73. The van der Waals surface area contributed by atoms with Gasteiger partial charge in [-0.05, 0) is 38.6 Å². The lowest BCUT2D eigenvalue weighted by Crippen LogP contribution is -2.48. The van der Waals surface area contributed by atoms with Gasteiger partial charge in [-0.3, -0.25) is 4.79 Å². The zero-order valence-corrected chi connectivity index (χ0v) is 10.0. The number of hydrogen-bond acceptors (Lipinski definition) is 2. The van der Waals surface area contributed by atoms with Crippen LogP contribution in [0, 0.1) is 5.92 Å². The molecular weight excluding hydrogens is 188 g/mol. The third kappa shape index (κ3) is 3.49. The Morgan fingerprint density at radius 2 is 2.07 bits per heavy atom. The third-order valence-corrected chi connectivity index (χ3v) is 3.80. The average Bonchev–Trinajstić information content (AvgIpc) is 2.21. The molecule has 3 nitrogen and oxygen atoms in total. The van der Waals surface area contributed by atoms with Crippen molar-refractivity contribution in [2.24, 2.45) is 11.7 Å². The van der Waals surface area contributed by atoms with Crippen LogP contribution in [-0.2, 0) is 4.79 Å². The zero-order valence-electron chi connectivity index (χ0n) is 10.0. The summed E-state index contributed by atoms with van der Waals surface area (Å²) in [7, 11) is 1.95. The molecule has 1 saturated carbocycles. The van der Waals surface area contributed by atoms with E-state index >= 15 is 0 Å². The fourth-order valence-electron chi connectivity index (χ4n) is 2.78. The highest BCUT2D eigenvalue weighted by Crippen LogP contribution is 2.35. The quantitative estimate of drug-likeness (QED) is 0.730. The van der Waals surface area contributed by atoms with Crippen molar-refractivity contribution < 1.29 is 4.79 Å². The number of hydrogen-bond donors (Lipinski definition) is 2. The van der Waals surface area contributed by atoms with Crippen molar-refractivity contribution >= 4 is 5.91 Å². The van der Waals surface area contributed by atoms with Crippen LogP contribution in [0.3, 0.4) is 0 Å². The van der Waals surface area contributed by atoms with E-state index in [0.717, 1.165) is 18.8 Å². The minimum absolute atomic E-state index is 0.00389. The number of amides is 1. The van der Waals surface area contributed by atoms with Crippen LogP contribution in [-0.4, -0.2) is 18.5 Å². The molecule has 15 heavy (non-hydrogen) atoms. The predicted molar refractivity (Wildman–Crippen MR) is 62.5 cm³/mol. The Bertz CT molecular complexity index is 208. The normalized spacial score (nSPS) is 31.5. The van der Waals surface area contributed by atoms with E-state index in [1.165, 1.54) is 25.7 Å². The molecule has 3 N–H and O–H groups in total. The summed E-state index contributed by atoms with van der Waals surface area (Å²) in [4.78, 5) is 11.0. The van der Waals surface area contributed by atoms with Crippen LogP contribution in [0.1, 0.15) is 51.9 Å². The van der Waals surface area contributed by atoms with Gasteiger partial charge in [0.1, 0.15) is 0 Å². The van der Waals surface area contributed by atoms with E-state index < -0.39 is 0 Å². The van der Waals surface area contributed by atoms with Crippen LogP contribution < -0.4 is 11.1 Å². The van der Waals surface area contributed by atoms with Crippen molar-refractivity contribution in [3.8, 4) is 0 Å². The molecular formula is C12H24N2O. The van der Waals surface area contributed by atoms with E-state index in [-0.39, 0.29) is 11.4 Å². The molecule has 0 heterocycles. The number of nitrogens with one attached hydrogen (secondary N) is 1. The molecule has 0 aromatic carbocycles. The molecule has 0 aromatic heterocycles. The Labute approximate surface area is 92.8 Å². The molecule has 1 fully saturated rings. The summed E-state index contributed by atoms with van der Waals surface area (Å²) in [6.07, 6.45) is 7.75. The lowest BCUT2D eigenvalue weighted by Gasteiger charge is -2.39. The topological polar surface area (TPSA) is 55.1 Å². The SMILES string of the molecule is CCCC1CCC(CC(N)=O)(NC)CC1. The van der Waals surface area contributed by atoms with E-state index in [1.54, 1.807) is 0 Å². The summed E-state index contributed by atoms with van der Waals surface area (Å²) in [6, 6.07) is 0. The molecule has 0 atom stereocenters. The van der Waals surface area contributed by atoms with E-state index in [0.29, 0.717) is 6.42 Å². The molecule has 0 aromatic rings. The van der Waals surface area contributed by atoms with E-state index in [2.05, 4.69) is 12.2 Å². The maximum atomic E-state index is 11.0. The van der Waals surface area contributed by atoms with Crippen LogP contribution >= 0.6 is 0 Å². The van der Waals surface area contributed by atoms with Gasteiger partial charge >= 0.3 is 0 Å². The molecule has 0 saturated heterocycles. The van der Waals surface area contributed by atoms with E-state index in [1.807, 2.05) is 7.05 Å². The first-order valence-electron chi connectivity index (χ1n) is 6.09. The summed E-state index contributed by atoms with van der Waals surface area (Å²) in [5.41, 5.74) is 5.29. The summed E-state index contributed by atoms with van der Waals surface area (Å²) in [5, 5.41) is 3.31. The predicted octanol–water partition coefficient (Wildman–Crippen LogP) is 1.81. The zero-order chi connectivity index (χ0) is 11.3. The van der Waals surface area contributed by atoms with Crippen molar-refractivity contribution in [3.05, 3.63) is 0 Å².